The van der Waals surface area contributed by atoms with Gasteiger partial charge in [-0.15, -0.1) is 0 Å². The van der Waals surface area contributed by atoms with Crippen molar-refractivity contribution in [3.8, 4) is 0 Å². The molecule has 0 bridgehead atoms. The van der Waals surface area contributed by atoms with Crippen LogP contribution in [0.3, 0.4) is 0 Å². The van der Waals surface area contributed by atoms with Crippen LogP contribution in [0.15, 0.2) is 30.3 Å². The summed E-state index contributed by atoms with van der Waals surface area (Å²) in [5, 5.41) is 9.90. The normalized spacial score (nSPS) is 9.50. The van der Waals surface area contributed by atoms with E-state index in [0.29, 0.717) is 12.3 Å². The predicted octanol–water partition coefficient (Wildman–Crippen LogP) is 1.73. The maximum atomic E-state index is 11.2. The van der Waals surface area contributed by atoms with Gasteiger partial charge in [-0.3, -0.25) is 4.79 Å². The number of carbonyl (C=O) groups is 1. The van der Waals surface area contributed by atoms with Crippen molar-refractivity contribution in [2.24, 2.45) is 0 Å². The number of nitrogens with one attached hydrogen (secondary N) is 2. The SMILES string of the molecule is CC(=N)CC(=O)NCc1ccccc1. The van der Waals surface area contributed by atoms with Gasteiger partial charge in [-0.05, 0) is 12.5 Å². The lowest BCUT2D eigenvalue weighted by atomic mass is 10.2. The first-order valence-corrected chi connectivity index (χ1v) is 4.53. The van der Waals surface area contributed by atoms with Crippen LogP contribution in [0.25, 0.3) is 0 Å². The Morgan fingerprint density at radius 2 is 2.00 bits per heavy atom. The summed E-state index contributed by atoms with van der Waals surface area (Å²) < 4.78 is 0. The summed E-state index contributed by atoms with van der Waals surface area (Å²) in [6, 6.07) is 9.72. The number of rotatable bonds is 4. The van der Waals surface area contributed by atoms with Crippen LogP contribution in [-0.4, -0.2) is 11.6 Å². The lowest BCUT2D eigenvalue weighted by Gasteiger charge is -2.03. The Morgan fingerprint density at radius 3 is 2.57 bits per heavy atom. The average molecular weight is 190 g/mol. The molecule has 0 spiro atoms. The minimum atomic E-state index is -0.0960. The van der Waals surface area contributed by atoms with Crippen molar-refractivity contribution in [2.45, 2.75) is 19.9 Å². The zero-order chi connectivity index (χ0) is 10.4. The molecule has 0 aliphatic rings. The van der Waals surface area contributed by atoms with E-state index in [4.69, 9.17) is 5.41 Å². The molecule has 0 saturated carbocycles. The molecule has 0 atom stereocenters. The molecule has 0 aliphatic heterocycles. The number of hydrogen-bond donors (Lipinski definition) is 2. The number of benzene rings is 1. The molecule has 14 heavy (non-hydrogen) atoms. The van der Waals surface area contributed by atoms with Crippen molar-refractivity contribution >= 4 is 11.6 Å². The molecule has 0 radical (unpaired) electrons. The van der Waals surface area contributed by atoms with Crippen molar-refractivity contribution in [2.75, 3.05) is 0 Å². The monoisotopic (exact) mass is 190 g/mol. The summed E-state index contributed by atoms with van der Waals surface area (Å²) in [6.07, 6.45) is 0.187. The second-order valence-electron chi connectivity index (χ2n) is 3.22. The zero-order valence-electron chi connectivity index (χ0n) is 8.21. The first-order valence-electron chi connectivity index (χ1n) is 4.53. The lowest BCUT2D eigenvalue weighted by Crippen LogP contribution is -2.24. The summed E-state index contributed by atoms with van der Waals surface area (Å²) in [5.41, 5.74) is 1.46. The third kappa shape index (κ3) is 3.85. The van der Waals surface area contributed by atoms with E-state index in [1.165, 1.54) is 0 Å². The molecule has 2 N–H and O–H groups in total. The van der Waals surface area contributed by atoms with Crippen molar-refractivity contribution in [1.29, 1.82) is 5.41 Å². The topological polar surface area (TPSA) is 53.0 Å². The van der Waals surface area contributed by atoms with Crippen molar-refractivity contribution in [3.05, 3.63) is 35.9 Å². The van der Waals surface area contributed by atoms with Gasteiger partial charge in [0.15, 0.2) is 0 Å². The second kappa shape index (κ2) is 5.17. The van der Waals surface area contributed by atoms with E-state index < -0.39 is 0 Å². The van der Waals surface area contributed by atoms with Crippen molar-refractivity contribution < 1.29 is 4.79 Å². The minimum absolute atomic E-state index is 0.0960. The van der Waals surface area contributed by atoms with Gasteiger partial charge < -0.3 is 10.7 Å². The maximum Gasteiger partial charge on any atom is 0.225 e. The molecule has 1 amide bonds. The maximum absolute atomic E-state index is 11.2. The Bertz CT molecular complexity index is 319. The highest BCUT2D eigenvalue weighted by molar-refractivity contribution is 5.98. The molecular weight excluding hydrogens is 176 g/mol. The van der Waals surface area contributed by atoms with Crippen LogP contribution in [0.1, 0.15) is 18.9 Å². The van der Waals surface area contributed by atoms with E-state index in [1.807, 2.05) is 30.3 Å². The van der Waals surface area contributed by atoms with Crippen LogP contribution < -0.4 is 5.32 Å². The fourth-order valence-electron chi connectivity index (χ4n) is 1.10. The van der Waals surface area contributed by atoms with Gasteiger partial charge in [0, 0.05) is 12.3 Å². The average Bonchev–Trinajstić information content (AvgIpc) is 2.15. The molecule has 74 valence electrons. The Balaban J connectivity index is 2.34. The van der Waals surface area contributed by atoms with Crippen LogP contribution in [0, 0.1) is 5.41 Å². The molecule has 3 heteroatoms. The summed E-state index contributed by atoms with van der Waals surface area (Å²) >= 11 is 0. The molecule has 3 nitrogen and oxygen atoms in total. The van der Waals surface area contributed by atoms with Gasteiger partial charge >= 0.3 is 0 Å². The summed E-state index contributed by atoms with van der Waals surface area (Å²) in [7, 11) is 0. The van der Waals surface area contributed by atoms with Crippen molar-refractivity contribution in [1.82, 2.24) is 5.32 Å². The van der Waals surface area contributed by atoms with E-state index in [9.17, 15) is 4.79 Å². The molecule has 0 fully saturated rings. The van der Waals surface area contributed by atoms with Gasteiger partial charge in [0.25, 0.3) is 0 Å². The van der Waals surface area contributed by atoms with Crippen LogP contribution in [0.4, 0.5) is 0 Å². The second-order valence-corrected chi connectivity index (χ2v) is 3.22. The molecule has 0 heterocycles. The number of carbonyl (C=O) groups excluding carboxylic acids is 1. The van der Waals surface area contributed by atoms with Gasteiger partial charge in [0.05, 0.1) is 6.42 Å². The third-order valence-electron chi connectivity index (χ3n) is 1.76. The summed E-state index contributed by atoms with van der Waals surface area (Å²) in [5.74, 6) is -0.0960. The van der Waals surface area contributed by atoms with Gasteiger partial charge in [0.1, 0.15) is 0 Å². The highest BCUT2D eigenvalue weighted by Crippen LogP contribution is 1.97. The minimum Gasteiger partial charge on any atom is -0.352 e. The molecule has 0 unspecified atom stereocenters. The highest BCUT2D eigenvalue weighted by atomic mass is 16.1. The van der Waals surface area contributed by atoms with Crippen LogP contribution in [0.5, 0.6) is 0 Å². The standard InChI is InChI=1S/C11H14N2O/c1-9(12)7-11(14)13-8-10-5-3-2-4-6-10/h2-6,12H,7-8H2,1H3,(H,13,14). The molecular formula is C11H14N2O. The van der Waals surface area contributed by atoms with Crippen LogP contribution in [-0.2, 0) is 11.3 Å². The van der Waals surface area contributed by atoms with E-state index >= 15 is 0 Å². The molecule has 1 aromatic carbocycles. The van der Waals surface area contributed by atoms with Gasteiger partial charge in [-0.1, -0.05) is 30.3 Å². The Labute approximate surface area is 83.7 Å². The fraction of sp³-hybridized carbons (Fsp3) is 0.273. The van der Waals surface area contributed by atoms with Gasteiger partial charge in [-0.25, -0.2) is 0 Å². The molecule has 0 aromatic heterocycles. The number of hydrogen-bond acceptors (Lipinski definition) is 2. The van der Waals surface area contributed by atoms with E-state index in [1.54, 1.807) is 6.92 Å². The lowest BCUT2D eigenvalue weighted by molar-refractivity contribution is -0.120. The zero-order valence-corrected chi connectivity index (χ0v) is 8.21. The van der Waals surface area contributed by atoms with E-state index in [2.05, 4.69) is 5.32 Å². The number of amides is 1. The largest absolute Gasteiger partial charge is 0.352 e. The van der Waals surface area contributed by atoms with Crippen LogP contribution in [0.2, 0.25) is 0 Å². The summed E-state index contributed by atoms with van der Waals surface area (Å²) in [4.78, 5) is 11.2. The first-order chi connectivity index (χ1) is 6.68. The van der Waals surface area contributed by atoms with E-state index in [0.717, 1.165) is 5.56 Å². The summed E-state index contributed by atoms with van der Waals surface area (Å²) in [6.45, 7) is 2.16. The van der Waals surface area contributed by atoms with Gasteiger partial charge in [-0.2, -0.15) is 0 Å². The Kier molecular flexibility index (Phi) is 3.85. The van der Waals surface area contributed by atoms with Crippen LogP contribution >= 0.6 is 0 Å². The van der Waals surface area contributed by atoms with E-state index in [-0.39, 0.29) is 12.3 Å². The fourth-order valence-corrected chi connectivity index (χ4v) is 1.10. The molecule has 0 saturated heterocycles. The van der Waals surface area contributed by atoms with Gasteiger partial charge in [0.2, 0.25) is 5.91 Å². The Morgan fingerprint density at radius 1 is 1.36 bits per heavy atom. The highest BCUT2D eigenvalue weighted by Gasteiger charge is 2.01. The van der Waals surface area contributed by atoms with Crippen molar-refractivity contribution in [3.63, 3.8) is 0 Å². The smallest absolute Gasteiger partial charge is 0.225 e. The first kappa shape index (κ1) is 10.4. The third-order valence-corrected chi connectivity index (χ3v) is 1.76. The molecule has 1 aromatic rings. The molecule has 1 rings (SSSR count). The quantitative estimate of drug-likeness (QED) is 0.698. The molecule has 0 aliphatic carbocycles. The predicted molar refractivity (Wildman–Crippen MR) is 56.3 cm³/mol. The Hall–Kier alpha value is -1.64.